The zero-order valence-corrected chi connectivity index (χ0v) is 11.5. The van der Waals surface area contributed by atoms with Gasteiger partial charge in [0.25, 0.3) is 0 Å². The molecule has 0 saturated carbocycles. The topological polar surface area (TPSA) is 140 Å². The molecule has 0 bridgehead atoms. The fraction of sp³-hybridized carbons (Fsp3) is 0.308. The first-order valence-corrected chi connectivity index (χ1v) is 6.32. The second-order valence-electron chi connectivity index (χ2n) is 4.86. The normalized spacial score (nSPS) is 26.0. The molecule has 0 amide bonds. The predicted octanol–water partition coefficient (Wildman–Crippen LogP) is -0.548. The lowest BCUT2D eigenvalue weighted by Crippen LogP contribution is -2.37. The lowest BCUT2D eigenvalue weighted by Gasteiger charge is -2.24. The molecule has 2 aromatic heterocycles. The van der Waals surface area contributed by atoms with Gasteiger partial charge in [0.1, 0.15) is 17.9 Å². The summed E-state index contributed by atoms with van der Waals surface area (Å²) >= 11 is 0. The molecule has 3 rings (SSSR count). The minimum Gasteiger partial charge on any atom is -0.505 e. The van der Waals surface area contributed by atoms with Crippen molar-refractivity contribution in [1.82, 2.24) is 19.5 Å². The number of nitrogen functional groups attached to an aromatic ring is 1. The molecule has 5 N–H and O–H groups in total. The fourth-order valence-corrected chi connectivity index (χ4v) is 2.27. The lowest BCUT2D eigenvalue weighted by molar-refractivity contribution is -0.0552. The molecule has 0 fully saturated rings. The van der Waals surface area contributed by atoms with E-state index in [1.165, 1.54) is 24.0 Å². The van der Waals surface area contributed by atoms with Gasteiger partial charge >= 0.3 is 0 Å². The van der Waals surface area contributed by atoms with Crippen molar-refractivity contribution in [3.05, 3.63) is 24.0 Å². The van der Waals surface area contributed by atoms with E-state index in [0.29, 0.717) is 5.52 Å². The monoisotopic (exact) mass is 303 g/mol. The Balaban J connectivity index is 2.16. The van der Waals surface area contributed by atoms with Crippen molar-refractivity contribution in [3.8, 4) is 12.3 Å². The van der Waals surface area contributed by atoms with E-state index in [1.54, 1.807) is 0 Å². The minimum atomic E-state index is -2.17. The number of aromatic nitrogens is 4. The van der Waals surface area contributed by atoms with Crippen molar-refractivity contribution >= 4 is 17.1 Å². The van der Waals surface area contributed by atoms with Crippen LogP contribution in [-0.2, 0) is 4.74 Å². The van der Waals surface area contributed by atoms with Gasteiger partial charge in [-0.1, -0.05) is 5.92 Å². The van der Waals surface area contributed by atoms with Crippen LogP contribution in [0.5, 0.6) is 0 Å². The molecule has 0 aromatic carbocycles. The number of anilines is 1. The summed E-state index contributed by atoms with van der Waals surface area (Å²) in [6, 6.07) is 0. The zero-order valence-electron chi connectivity index (χ0n) is 11.5. The van der Waals surface area contributed by atoms with Gasteiger partial charge in [-0.2, -0.15) is 4.98 Å². The second kappa shape index (κ2) is 4.59. The fourth-order valence-electron chi connectivity index (χ4n) is 2.27. The molecular weight excluding hydrogens is 290 g/mol. The Morgan fingerprint density at radius 3 is 2.91 bits per heavy atom. The standard InChI is InChI=1S/C13H13N5O4/c1-3-13(21)9(20)8(6(2)19)22-11(13)18-5-16-7-4-15-12(14)17-10(7)18/h1,4-6,11,19-21H,2H3,(H2,14,15,17)/t6-,11+,13?/m0/s1. The van der Waals surface area contributed by atoms with Crippen LogP contribution in [-0.4, -0.2) is 46.5 Å². The van der Waals surface area contributed by atoms with Gasteiger partial charge in [0, 0.05) is 0 Å². The first-order valence-electron chi connectivity index (χ1n) is 6.32. The Kier molecular flexibility index (Phi) is 2.94. The van der Waals surface area contributed by atoms with E-state index >= 15 is 0 Å². The maximum absolute atomic E-state index is 10.5. The summed E-state index contributed by atoms with van der Waals surface area (Å²) in [5.41, 5.74) is 4.05. The van der Waals surface area contributed by atoms with Gasteiger partial charge in [-0.05, 0) is 6.92 Å². The zero-order chi connectivity index (χ0) is 16.1. The van der Waals surface area contributed by atoms with E-state index in [2.05, 4.69) is 20.9 Å². The summed E-state index contributed by atoms with van der Waals surface area (Å²) in [5, 5.41) is 30.3. The number of ether oxygens (including phenoxy) is 1. The summed E-state index contributed by atoms with van der Waals surface area (Å²) < 4.78 is 6.76. The van der Waals surface area contributed by atoms with Crippen molar-refractivity contribution in [2.24, 2.45) is 0 Å². The quantitative estimate of drug-likeness (QED) is 0.542. The molecule has 9 heteroatoms. The van der Waals surface area contributed by atoms with E-state index in [-0.39, 0.29) is 17.4 Å². The number of aliphatic hydroxyl groups is 3. The van der Waals surface area contributed by atoms with Crippen LogP contribution in [0.1, 0.15) is 13.2 Å². The third-order valence-corrected chi connectivity index (χ3v) is 3.38. The van der Waals surface area contributed by atoms with Crippen molar-refractivity contribution in [2.45, 2.75) is 24.9 Å². The molecule has 0 aliphatic carbocycles. The third-order valence-electron chi connectivity index (χ3n) is 3.38. The Hall–Kier alpha value is -2.83. The smallest absolute Gasteiger partial charge is 0.243 e. The highest BCUT2D eigenvalue weighted by molar-refractivity contribution is 5.71. The Morgan fingerprint density at radius 1 is 1.55 bits per heavy atom. The van der Waals surface area contributed by atoms with Crippen molar-refractivity contribution in [3.63, 3.8) is 0 Å². The number of aliphatic hydroxyl groups excluding tert-OH is 2. The van der Waals surface area contributed by atoms with Crippen LogP contribution in [0.2, 0.25) is 0 Å². The van der Waals surface area contributed by atoms with Crippen LogP contribution in [0.3, 0.4) is 0 Å². The first-order chi connectivity index (χ1) is 10.4. The molecule has 2 aromatic rings. The molecule has 114 valence electrons. The number of nitrogens with two attached hydrogens (primary N) is 1. The molecule has 3 atom stereocenters. The average Bonchev–Trinajstić information content (AvgIpc) is 2.99. The molecule has 1 aliphatic rings. The van der Waals surface area contributed by atoms with Gasteiger partial charge in [-0.25, -0.2) is 9.97 Å². The molecule has 0 radical (unpaired) electrons. The van der Waals surface area contributed by atoms with E-state index in [0.717, 1.165) is 0 Å². The molecular formula is C13H13N5O4. The predicted molar refractivity (Wildman–Crippen MR) is 75.0 cm³/mol. The molecule has 22 heavy (non-hydrogen) atoms. The molecule has 1 aliphatic heterocycles. The molecule has 0 spiro atoms. The van der Waals surface area contributed by atoms with Gasteiger partial charge in [-0.15, -0.1) is 6.42 Å². The van der Waals surface area contributed by atoms with Crippen molar-refractivity contribution in [2.75, 3.05) is 5.73 Å². The van der Waals surface area contributed by atoms with E-state index in [1.807, 2.05) is 0 Å². The van der Waals surface area contributed by atoms with Crippen LogP contribution in [0.25, 0.3) is 11.2 Å². The lowest BCUT2D eigenvalue weighted by atomic mass is 10.0. The van der Waals surface area contributed by atoms with Gasteiger partial charge in [-0.3, -0.25) is 4.57 Å². The molecule has 0 saturated heterocycles. The van der Waals surface area contributed by atoms with Crippen molar-refractivity contribution in [1.29, 1.82) is 0 Å². The highest BCUT2D eigenvalue weighted by atomic mass is 16.6. The number of hydrogen-bond donors (Lipinski definition) is 4. The van der Waals surface area contributed by atoms with Gasteiger partial charge in [0.2, 0.25) is 17.8 Å². The highest BCUT2D eigenvalue weighted by Gasteiger charge is 2.52. The van der Waals surface area contributed by atoms with Crippen LogP contribution in [0, 0.1) is 12.3 Å². The largest absolute Gasteiger partial charge is 0.505 e. The number of terminal acetylenes is 1. The minimum absolute atomic E-state index is 0.00410. The average molecular weight is 303 g/mol. The Bertz CT molecular complexity index is 821. The Morgan fingerprint density at radius 2 is 2.27 bits per heavy atom. The maximum Gasteiger partial charge on any atom is 0.243 e. The molecule has 1 unspecified atom stereocenters. The van der Waals surface area contributed by atoms with Crippen LogP contribution in [0.4, 0.5) is 5.95 Å². The van der Waals surface area contributed by atoms with Crippen LogP contribution >= 0.6 is 0 Å². The summed E-state index contributed by atoms with van der Waals surface area (Å²) in [6.45, 7) is 1.37. The number of fused-ring (bicyclic) bond motifs is 1. The van der Waals surface area contributed by atoms with Crippen LogP contribution < -0.4 is 5.73 Å². The van der Waals surface area contributed by atoms with Gasteiger partial charge in [0.05, 0.1) is 6.20 Å². The van der Waals surface area contributed by atoms with Gasteiger partial charge < -0.3 is 25.8 Å². The number of imidazole rings is 1. The molecule has 9 nitrogen and oxygen atoms in total. The summed E-state index contributed by atoms with van der Waals surface area (Å²) in [7, 11) is 0. The van der Waals surface area contributed by atoms with Crippen LogP contribution in [0.15, 0.2) is 24.0 Å². The highest BCUT2D eigenvalue weighted by Crippen LogP contribution is 2.41. The number of nitrogens with zero attached hydrogens (tertiary/aromatic N) is 4. The number of rotatable bonds is 2. The van der Waals surface area contributed by atoms with E-state index < -0.39 is 23.7 Å². The number of hydrogen-bond acceptors (Lipinski definition) is 8. The summed E-state index contributed by atoms with van der Waals surface area (Å²) in [6.07, 6.45) is 5.67. The van der Waals surface area contributed by atoms with Crippen molar-refractivity contribution < 1.29 is 20.1 Å². The molecule has 3 heterocycles. The Labute approximate surface area is 124 Å². The SMILES string of the molecule is C#CC1(O)C(O)=C([C@H](C)O)O[C@H]1n1cnc2cnc(N)nc21. The summed E-state index contributed by atoms with van der Waals surface area (Å²) in [4.78, 5) is 11.9. The second-order valence-corrected chi connectivity index (χ2v) is 4.86. The maximum atomic E-state index is 10.5. The van der Waals surface area contributed by atoms with Gasteiger partial charge in [0.15, 0.2) is 17.2 Å². The van der Waals surface area contributed by atoms with E-state index in [4.69, 9.17) is 16.9 Å². The first kappa shape index (κ1) is 14.1. The van der Waals surface area contributed by atoms with E-state index in [9.17, 15) is 15.3 Å². The third kappa shape index (κ3) is 1.78. The summed E-state index contributed by atoms with van der Waals surface area (Å²) in [5.74, 6) is 1.25.